The van der Waals surface area contributed by atoms with Crippen LogP contribution in [0, 0.1) is 10.8 Å². The molecular weight excluding hydrogens is 1390 g/mol. The first-order valence-corrected chi connectivity index (χ1v) is 32.1. The highest BCUT2D eigenvalue weighted by molar-refractivity contribution is 6.00. The highest BCUT2D eigenvalue weighted by Gasteiger charge is 2.37. The second-order valence-electron chi connectivity index (χ2n) is 23.5. The minimum absolute atomic E-state index is 0.0326. The number of carboxylic acids is 3. The largest absolute Gasteiger partial charge is 0.508 e. The molecule has 576 valence electrons. The zero-order valence-corrected chi connectivity index (χ0v) is 56.7. The van der Waals surface area contributed by atoms with Crippen LogP contribution in [0.1, 0.15) is 69.2 Å². The predicted molar refractivity (Wildman–Crippen MR) is 361 cm³/mol. The molecule has 0 aliphatic rings. The number of hydrogen-bond donors (Lipinski definition) is 28. The molecule has 1 heterocycles. The molecule has 0 saturated carbocycles. The van der Waals surface area contributed by atoms with E-state index >= 15 is 0 Å². The maximum atomic E-state index is 14.3. The number of rotatable bonds is 46. The van der Waals surface area contributed by atoms with Gasteiger partial charge in [0.15, 0.2) is 11.9 Å². The molecule has 0 bridgehead atoms. The summed E-state index contributed by atoms with van der Waals surface area (Å²) in [5.74, 6) is -20.6. The van der Waals surface area contributed by atoms with E-state index in [1.54, 1.807) is 0 Å². The molecule has 0 saturated heterocycles. The summed E-state index contributed by atoms with van der Waals surface area (Å²) < 4.78 is 0. The van der Waals surface area contributed by atoms with Gasteiger partial charge in [-0.05, 0) is 74.9 Å². The quantitative estimate of drug-likeness (QED) is 0.0142. The van der Waals surface area contributed by atoms with Crippen molar-refractivity contribution in [1.29, 1.82) is 10.8 Å². The van der Waals surface area contributed by atoms with E-state index < -0.39 is 219 Å². The molecule has 44 nitrogen and oxygen atoms in total. The highest BCUT2D eigenvalue weighted by atomic mass is 16.4. The topological polar surface area (TPSA) is 741 Å². The molecule has 31 N–H and O–H groups in total. The molecule has 3 aromatic rings. The Morgan fingerprint density at radius 1 is 0.457 bits per heavy atom. The molecule has 12 atom stereocenters. The average Bonchev–Trinajstić information content (AvgIpc) is 1.13. The number of aromatic amines is 1. The van der Waals surface area contributed by atoms with Crippen molar-refractivity contribution in [3.05, 3.63) is 77.9 Å². The third-order valence-corrected chi connectivity index (χ3v) is 14.9. The van der Waals surface area contributed by atoms with Crippen LogP contribution in [0.15, 0.2) is 61.1 Å². The van der Waals surface area contributed by atoms with Gasteiger partial charge in [0.25, 0.3) is 0 Å². The van der Waals surface area contributed by atoms with Gasteiger partial charge in [0.05, 0.1) is 51.1 Å². The summed E-state index contributed by atoms with van der Waals surface area (Å²) in [6, 6.07) is -9.04. The van der Waals surface area contributed by atoms with Crippen LogP contribution < -0.4 is 91.6 Å². The molecule has 105 heavy (non-hydrogen) atoms. The predicted octanol–water partition coefficient (Wildman–Crippen LogP) is -10.8. The minimum Gasteiger partial charge on any atom is -0.508 e. The number of benzene rings is 2. The number of carbonyl (C=O) groups excluding carboxylic acids is 12. The second kappa shape index (κ2) is 44.1. The Hall–Kier alpha value is -12.3. The summed E-state index contributed by atoms with van der Waals surface area (Å²) in [5, 5.41) is 126. The molecule has 0 unspecified atom stereocenters. The van der Waals surface area contributed by atoms with Gasteiger partial charge in [-0.2, -0.15) is 0 Å². The fourth-order valence-electron chi connectivity index (χ4n) is 9.42. The number of aliphatic hydroxyl groups excluding tert-OH is 3. The first-order chi connectivity index (χ1) is 49.5. The van der Waals surface area contributed by atoms with Gasteiger partial charge in [0.2, 0.25) is 70.9 Å². The fraction of sp³-hybridized carbons (Fsp3) is 0.475. The number of aromatic hydroxyl groups is 2. The molecule has 0 spiro atoms. The third-order valence-electron chi connectivity index (χ3n) is 14.9. The lowest BCUT2D eigenvalue weighted by Gasteiger charge is -2.28. The van der Waals surface area contributed by atoms with Crippen LogP contribution in [-0.2, 0) is 91.2 Å². The van der Waals surface area contributed by atoms with Crippen LogP contribution in [0.25, 0.3) is 0 Å². The maximum Gasteiger partial charge on any atom is 0.322 e. The number of carbonyl (C=O) groups is 15. The zero-order chi connectivity index (χ0) is 78.6. The Bertz CT molecular complexity index is 3530. The van der Waals surface area contributed by atoms with Crippen LogP contribution >= 0.6 is 0 Å². The van der Waals surface area contributed by atoms with Crippen LogP contribution in [0.4, 0.5) is 0 Å². The van der Waals surface area contributed by atoms with E-state index in [0.29, 0.717) is 11.3 Å². The summed E-state index contributed by atoms with van der Waals surface area (Å²) in [6.07, 6.45) is -3.19. The first-order valence-electron chi connectivity index (χ1n) is 32.1. The van der Waals surface area contributed by atoms with Crippen molar-refractivity contribution in [3.8, 4) is 11.5 Å². The number of imidazole rings is 1. The maximum absolute atomic E-state index is 14.3. The molecule has 0 aliphatic carbocycles. The SMILES string of the molecule is C[C@H](NC(=O)[C@H](CO)NC(=O)[C@@H](N)Cc1cnc[nH]1)C(=O)N[C@@H](Cc1ccc(O)cc1)C(=O)N[C@@H](CO)C(=O)N[C@@H](CC(=O)O)C(=O)N[C@H](C(=O)N[C@@H](CCCNC(=N)N)C(=O)N[C@@H](CCCNC(=N)N)C(=O)NCC(=O)N[C@@H](CC(=O)O)C(=O)N[C@@H](Cc1ccc(O)cc1)C(=O)NCC(=O)O)[C@@H](C)O. The molecule has 2 aromatic carbocycles. The molecule has 3 rings (SSSR count). The summed E-state index contributed by atoms with van der Waals surface area (Å²) >= 11 is 0. The van der Waals surface area contributed by atoms with Gasteiger partial charge in [-0.3, -0.25) is 82.7 Å². The van der Waals surface area contributed by atoms with E-state index in [0.717, 1.165) is 13.8 Å². The molecule has 44 heteroatoms. The fourth-order valence-corrected chi connectivity index (χ4v) is 9.42. The normalized spacial score (nSPS) is 14.3. The Morgan fingerprint density at radius 3 is 1.32 bits per heavy atom. The van der Waals surface area contributed by atoms with Gasteiger partial charge in [-0.25, -0.2) is 4.98 Å². The Morgan fingerprint density at radius 2 is 0.848 bits per heavy atom. The summed E-state index contributed by atoms with van der Waals surface area (Å²) in [6.45, 7) is -2.23. The van der Waals surface area contributed by atoms with Crippen LogP contribution in [0.2, 0.25) is 0 Å². The van der Waals surface area contributed by atoms with E-state index in [9.17, 15) is 108 Å². The molecule has 0 radical (unpaired) electrons. The number of aliphatic hydroxyl groups is 3. The smallest absolute Gasteiger partial charge is 0.322 e. The van der Waals surface area contributed by atoms with Crippen LogP contribution in [0.3, 0.4) is 0 Å². The van der Waals surface area contributed by atoms with Crippen molar-refractivity contribution < 1.29 is 113 Å². The first kappa shape index (κ1) is 86.9. The number of hydrogen-bond acceptors (Lipinski definition) is 24. The third kappa shape index (κ3) is 32.5. The second-order valence-corrected chi connectivity index (χ2v) is 23.5. The van der Waals surface area contributed by atoms with Crippen molar-refractivity contribution in [1.82, 2.24) is 84.4 Å². The van der Waals surface area contributed by atoms with Gasteiger partial charge >= 0.3 is 17.9 Å². The number of amides is 12. The van der Waals surface area contributed by atoms with E-state index in [1.165, 1.54) is 61.1 Å². The standard InChI is InChI=1S/C61H89N21O23/c1-28(73-57(103)42(25-83)80-50(96)35(62)19-32-22-67-27-72-32)49(95)77-39(18-31-9-13-34(87)14-10-31)54(100)81-43(26-84)58(104)79-41(21-46(91)92)56(102)82-48(29(2)85)59(105)76-37(6-4-16-69-61(65)66)53(99)75-36(5-3-15-68-60(63)64)51(97)70-23-44(88)74-40(20-45(89)90)55(101)78-38(52(98)71-24-47(93)94)17-30-7-11-33(86)12-8-30/h7-14,22,27-29,35-43,48,83-87H,3-6,15-21,23-26,62H2,1-2H3,(H,67,72)(H,70,97)(H,71,98)(H,73,103)(H,74,88)(H,75,99)(H,76,105)(H,77,95)(H,78,101)(H,79,104)(H,80,96)(H,81,100)(H,82,102)(H,89,90)(H,91,92)(H,93,94)(H4,63,64,68)(H4,65,66,69)/t28-,29+,35-,36-,37-,38-,39-,40-,41-,42-,43-,48-/m0/s1. The Kier molecular flexibility index (Phi) is 36.5. The number of carboxylic acid groups (broad SMARTS) is 3. The zero-order valence-electron chi connectivity index (χ0n) is 56.7. The van der Waals surface area contributed by atoms with Gasteiger partial charge in [-0.15, -0.1) is 0 Å². The van der Waals surface area contributed by atoms with Gasteiger partial charge in [0.1, 0.15) is 78.5 Å². The molecule has 0 fully saturated rings. The number of H-pyrrole nitrogens is 1. The highest BCUT2D eigenvalue weighted by Crippen LogP contribution is 2.15. The van der Waals surface area contributed by atoms with Crippen LogP contribution in [0.5, 0.6) is 11.5 Å². The lowest BCUT2D eigenvalue weighted by atomic mass is 10.0. The molecule has 12 amide bonds. The van der Waals surface area contributed by atoms with E-state index in [1.807, 2.05) is 5.32 Å². The van der Waals surface area contributed by atoms with E-state index in [2.05, 4.69) is 79.1 Å². The van der Waals surface area contributed by atoms with Crippen molar-refractivity contribution >= 4 is 101 Å². The van der Waals surface area contributed by atoms with Crippen molar-refractivity contribution in [2.45, 2.75) is 144 Å². The lowest BCUT2D eigenvalue weighted by molar-refractivity contribution is -0.142. The van der Waals surface area contributed by atoms with Gasteiger partial charge in [0, 0.05) is 44.2 Å². The molecular formula is C61H89N21O23. The number of phenols is 2. The number of aromatic nitrogens is 2. The van der Waals surface area contributed by atoms with Gasteiger partial charge in [-0.1, -0.05) is 24.3 Å². The Balaban J connectivity index is 1.85. The van der Waals surface area contributed by atoms with Crippen molar-refractivity contribution in [3.63, 3.8) is 0 Å². The number of nitrogens with one attached hydrogen (secondary N) is 17. The van der Waals surface area contributed by atoms with Crippen molar-refractivity contribution in [2.24, 2.45) is 17.2 Å². The van der Waals surface area contributed by atoms with E-state index in [-0.39, 0.29) is 68.7 Å². The number of phenolic OH excluding ortho intramolecular Hbond substituents is 2. The number of nitrogens with two attached hydrogens (primary N) is 3. The number of aliphatic carboxylic acids is 3. The summed E-state index contributed by atoms with van der Waals surface area (Å²) in [5.41, 5.74) is 17.8. The monoisotopic (exact) mass is 1480 g/mol. The lowest BCUT2D eigenvalue weighted by Crippen LogP contribution is -2.62. The summed E-state index contributed by atoms with van der Waals surface area (Å²) in [4.78, 5) is 206. The van der Waals surface area contributed by atoms with Crippen molar-refractivity contribution in [2.75, 3.05) is 39.4 Å². The van der Waals surface area contributed by atoms with Crippen LogP contribution in [-0.4, -0.2) is 263 Å². The molecule has 1 aromatic heterocycles. The van der Waals surface area contributed by atoms with Gasteiger partial charge < -0.3 is 137 Å². The minimum atomic E-state index is -2.21. The number of guanidine groups is 2. The molecule has 0 aliphatic heterocycles. The average molecular weight is 1480 g/mol. The Labute approximate surface area is 597 Å². The summed E-state index contributed by atoms with van der Waals surface area (Å²) in [7, 11) is 0. The number of nitrogens with zero attached hydrogens (tertiary/aromatic N) is 1. The van der Waals surface area contributed by atoms with E-state index in [4.69, 9.17) is 33.1 Å².